The first-order valence-electron chi connectivity index (χ1n) is 7.28. The van der Waals surface area contributed by atoms with Crippen LogP contribution in [0, 0.1) is 0 Å². The van der Waals surface area contributed by atoms with E-state index in [9.17, 15) is 9.59 Å². The Morgan fingerprint density at radius 2 is 2.12 bits per heavy atom. The molecule has 0 saturated carbocycles. The summed E-state index contributed by atoms with van der Waals surface area (Å²) in [7, 11) is 3.07. The van der Waals surface area contributed by atoms with E-state index < -0.39 is 5.91 Å². The van der Waals surface area contributed by atoms with Crippen LogP contribution in [0.2, 0.25) is 0 Å². The monoisotopic (exact) mass is 328 g/mol. The molecule has 0 aliphatic heterocycles. The van der Waals surface area contributed by atoms with Crippen LogP contribution < -0.4 is 15.6 Å². The van der Waals surface area contributed by atoms with Crippen LogP contribution in [0.4, 0.5) is 0 Å². The van der Waals surface area contributed by atoms with E-state index in [1.807, 2.05) is 12.1 Å². The second-order valence-electron chi connectivity index (χ2n) is 5.06. The number of ether oxygens (including phenoxy) is 1. The van der Waals surface area contributed by atoms with Crippen LogP contribution in [-0.2, 0) is 13.6 Å². The van der Waals surface area contributed by atoms with Crippen molar-refractivity contribution >= 4 is 16.7 Å². The van der Waals surface area contributed by atoms with Crippen molar-refractivity contribution in [2.75, 3.05) is 13.7 Å². The highest BCUT2D eigenvalue weighted by molar-refractivity contribution is 5.90. The lowest BCUT2D eigenvalue weighted by Crippen LogP contribution is -2.32. The number of carbonyl (C=O) groups excluding carboxylic acids is 1. The SMILES string of the molecule is COc1nc(C(=O)NCCn2ncc3ccccc3c2=O)nn1C. The zero-order valence-corrected chi connectivity index (χ0v) is 13.3. The summed E-state index contributed by atoms with van der Waals surface area (Å²) < 4.78 is 7.64. The first kappa shape index (κ1) is 15.7. The highest BCUT2D eigenvalue weighted by Gasteiger charge is 2.14. The number of carbonyl (C=O) groups is 1. The fourth-order valence-corrected chi connectivity index (χ4v) is 2.29. The molecule has 0 radical (unpaired) electrons. The van der Waals surface area contributed by atoms with Gasteiger partial charge in [0.1, 0.15) is 0 Å². The number of amides is 1. The third-order valence-corrected chi connectivity index (χ3v) is 3.48. The van der Waals surface area contributed by atoms with Gasteiger partial charge >= 0.3 is 6.01 Å². The number of hydrogen-bond donors (Lipinski definition) is 1. The third kappa shape index (κ3) is 2.96. The summed E-state index contributed by atoms with van der Waals surface area (Å²) in [6.07, 6.45) is 1.63. The molecule has 2 heterocycles. The average molecular weight is 328 g/mol. The predicted molar refractivity (Wildman–Crippen MR) is 85.9 cm³/mol. The molecule has 0 saturated heterocycles. The minimum absolute atomic E-state index is 0.00756. The van der Waals surface area contributed by atoms with Crippen LogP contribution in [0.25, 0.3) is 10.8 Å². The Labute approximate surface area is 136 Å². The standard InChI is InChI=1S/C15H16N6O3/c1-20-15(24-2)18-12(19-20)13(22)16-7-8-21-14(23)11-6-4-3-5-10(11)9-17-21/h3-6,9H,7-8H2,1-2H3,(H,16,22). The summed E-state index contributed by atoms with van der Waals surface area (Å²) in [4.78, 5) is 28.3. The summed E-state index contributed by atoms with van der Waals surface area (Å²) in [6.45, 7) is 0.476. The van der Waals surface area contributed by atoms with E-state index in [-0.39, 0.29) is 30.5 Å². The first-order chi connectivity index (χ1) is 11.6. The summed E-state index contributed by atoms with van der Waals surface area (Å²) in [5, 5.41) is 12.1. The molecule has 1 amide bonds. The Bertz CT molecular complexity index is 946. The molecule has 9 heteroatoms. The van der Waals surface area contributed by atoms with Crippen molar-refractivity contribution in [3.05, 3.63) is 46.6 Å². The summed E-state index contributed by atoms with van der Waals surface area (Å²) in [5.74, 6) is -0.434. The van der Waals surface area contributed by atoms with Crippen LogP contribution in [-0.4, -0.2) is 44.1 Å². The van der Waals surface area contributed by atoms with Gasteiger partial charge in [0.05, 0.1) is 25.2 Å². The van der Waals surface area contributed by atoms with E-state index in [0.29, 0.717) is 5.39 Å². The lowest BCUT2D eigenvalue weighted by molar-refractivity contribution is 0.0941. The lowest BCUT2D eigenvalue weighted by Gasteiger charge is -2.06. The predicted octanol–water partition coefficient (Wildman–Crippen LogP) is -0.0364. The van der Waals surface area contributed by atoms with E-state index in [4.69, 9.17) is 4.74 Å². The molecule has 24 heavy (non-hydrogen) atoms. The van der Waals surface area contributed by atoms with Gasteiger partial charge in [-0.15, -0.1) is 5.10 Å². The Kier molecular flexibility index (Phi) is 4.23. The normalized spacial score (nSPS) is 10.8. The molecular formula is C15H16N6O3. The van der Waals surface area contributed by atoms with Gasteiger partial charge in [0.2, 0.25) is 5.82 Å². The molecule has 0 aliphatic carbocycles. The van der Waals surface area contributed by atoms with E-state index in [1.54, 1.807) is 25.4 Å². The zero-order valence-electron chi connectivity index (χ0n) is 13.3. The van der Waals surface area contributed by atoms with E-state index in [0.717, 1.165) is 5.39 Å². The smallest absolute Gasteiger partial charge is 0.314 e. The van der Waals surface area contributed by atoms with Crippen LogP contribution >= 0.6 is 0 Å². The van der Waals surface area contributed by atoms with Crippen LogP contribution in [0.5, 0.6) is 6.01 Å². The van der Waals surface area contributed by atoms with Crippen molar-refractivity contribution in [2.24, 2.45) is 7.05 Å². The molecule has 1 aromatic carbocycles. The summed E-state index contributed by atoms with van der Waals surface area (Å²) in [5.41, 5.74) is -0.194. The zero-order chi connectivity index (χ0) is 17.1. The van der Waals surface area contributed by atoms with Crippen molar-refractivity contribution in [2.45, 2.75) is 6.54 Å². The van der Waals surface area contributed by atoms with Crippen molar-refractivity contribution in [1.29, 1.82) is 0 Å². The molecule has 0 unspecified atom stereocenters. The second-order valence-corrected chi connectivity index (χ2v) is 5.06. The number of aromatic nitrogens is 5. The van der Waals surface area contributed by atoms with Crippen LogP contribution in [0.15, 0.2) is 35.3 Å². The molecule has 0 atom stereocenters. The van der Waals surface area contributed by atoms with E-state index in [1.165, 1.54) is 16.5 Å². The van der Waals surface area contributed by atoms with Crippen molar-refractivity contribution < 1.29 is 9.53 Å². The molecule has 124 valence electrons. The number of fused-ring (bicyclic) bond motifs is 1. The van der Waals surface area contributed by atoms with Gasteiger partial charge in [-0.3, -0.25) is 9.59 Å². The van der Waals surface area contributed by atoms with Crippen molar-refractivity contribution in [3.63, 3.8) is 0 Å². The number of benzene rings is 1. The number of hydrogen-bond acceptors (Lipinski definition) is 6. The maximum absolute atomic E-state index is 12.3. The number of methoxy groups -OCH3 is 1. The largest absolute Gasteiger partial charge is 0.467 e. The Morgan fingerprint density at radius 3 is 2.88 bits per heavy atom. The third-order valence-electron chi connectivity index (χ3n) is 3.48. The maximum Gasteiger partial charge on any atom is 0.314 e. The van der Waals surface area contributed by atoms with Gasteiger partial charge < -0.3 is 10.1 Å². The van der Waals surface area contributed by atoms with Crippen LogP contribution in [0.3, 0.4) is 0 Å². The molecule has 9 nitrogen and oxygen atoms in total. The van der Waals surface area contributed by atoms with Gasteiger partial charge in [0.25, 0.3) is 11.5 Å². The maximum atomic E-state index is 12.3. The Hall–Kier alpha value is -3.23. The van der Waals surface area contributed by atoms with E-state index >= 15 is 0 Å². The molecule has 3 rings (SSSR count). The molecule has 1 N–H and O–H groups in total. The summed E-state index contributed by atoms with van der Waals surface area (Å²) >= 11 is 0. The molecule has 0 aliphatic rings. The van der Waals surface area contributed by atoms with Crippen molar-refractivity contribution in [1.82, 2.24) is 29.9 Å². The fourth-order valence-electron chi connectivity index (χ4n) is 2.29. The topological polar surface area (TPSA) is 104 Å². The fraction of sp³-hybridized carbons (Fsp3) is 0.267. The number of rotatable bonds is 5. The first-order valence-corrected chi connectivity index (χ1v) is 7.28. The Balaban J connectivity index is 1.67. The lowest BCUT2D eigenvalue weighted by atomic mass is 10.2. The van der Waals surface area contributed by atoms with Gasteiger partial charge in [-0.05, 0) is 6.07 Å². The molecule has 0 fully saturated rings. The highest BCUT2D eigenvalue weighted by Crippen LogP contribution is 2.06. The quantitative estimate of drug-likeness (QED) is 0.705. The second kappa shape index (κ2) is 6.49. The minimum atomic E-state index is -0.442. The Morgan fingerprint density at radius 1 is 1.33 bits per heavy atom. The minimum Gasteiger partial charge on any atom is -0.467 e. The molecule has 3 aromatic rings. The molecular weight excluding hydrogens is 312 g/mol. The number of aryl methyl sites for hydroxylation is 1. The van der Waals surface area contributed by atoms with Crippen LogP contribution in [0.1, 0.15) is 10.6 Å². The van der Waals surface area contributed by atoms with Crippen molar-refractivity contribution in [3.8, 4) is 6.01 Å². The average Bonchev–Trinajstić information content (AvgIpc) is 2.98. The highest BCUT2D eigenvalue weighted by atomic mass is 16.5. The van der Waals surface area contributed by atoms with Gasteiger partial charge in [-0.1, -0.05) is 18.2 Å². The summed E-state index contributed by atoms with van der Waals surface area (Å²) in [6, 6.07) is 7.47. The van der Waals surface area contributed by atoms with Gasteiger partial charge in [-0.25, -0.2) is 9.36 Å². The van der Waals surface area contributed by atoms with Gasteiger partial charge in [0, 0.05) is 19.0 Å². The number of nitrogens with zero attached hydrogens (tertiary/aromatic N) is 5. The number of nitrogens with one attached hydrogen (secondary N) is 1. The molecule has 0 bridgehead atoms. The van der Waals surface area contributed by atoms with E-state index in [2.05, 4.69) is 20.5 Å². The van der Waals surface area contributed by atoms with Gasteiger partial charge in [0.15, 0.2) is 0 Å². The molecule has 2 aromatic heterocycles. The van der Waals surface area contributed by atoms with Gasteiger partial charge in [-0.2, -0.15) is 10.1 Å². The molecule has 0 spiro atoms.